The van der Waals surface area contributed by atoms with Crippen LogP contribution in [0.4, 0.5) is 23.7 Å². The van der Waals surface area contributed by atoms with Crippen LogP contribution in [0, 0.1) is 5.92 Å². The molecule has 7 nitrogen and oxygen atoms in total. The van der Waals surface area contributed by atoms with Gasteiger partial charge in [-0.3, -0.25) is 24.2 Å². The van der Waals surface area contributed by atoms with Crippen LogP contribution in [0.2, 0.25) is 5.02 Å². The van der Waals surface area contributed by atoms with Gasteiger partial charge in [-0.15, -0.1) is 0 Å². The third-order valence-corrected chi connectivity index (χ3v) is 3.86. The SMILES string of the molecule is CN1C(=O)C(C(=O)Nc2ccc(Cl)c(C(F)(F)F)c2)C(=O)N(C)C1=O. The van der Waals surface area contributed by atoms with Gasteiger partial charge in [-0.25, -0.2) is 4.79 Å². The van der Waals surface area contributed by atoms with Gasteiger partial charge in [0.05, 0.1) is 10.6 Å². The van der Waals surface area contributed by atoms with Crippen LogP contribution in [0.5, 0.6) is 0 Å². The minimum Gasteiger partial charge on any atom is -0.325 e. The molecule has 0 radical (unpaired) electrons. The van der Waals surface area contributed by atoms with E-state index in [0.717, 1.165) is 26.2 Å². The second-order valence-electron chi connectivity index (χ2n) is 5.19. The van der Waals surface area contributed by atoms with Crippen molar-refractivity contribution < 1.29 is 32.3 Å². The van der Waals surface area contributed by atoms with E-state index >= 15 is 0 Å². The first-order chi connectivity index (χ1) is 11.4. The van der Waals surface area contributed by atoms with Crippen LogP contribution in [0.1, 0.15) is 5.56 Å². The number of hydrogen-bond donors (Lipinski definition) is 1. The zero-order valence-electron chi connectivity index (χ0n) is 12.8. The number of alkyl halides is 3. The first kappa shape index (κ1) is 18.7. The van der Waals surface area contributed by atoms with Gasteiger partial charge in [-0.05, 0) is 18.2 Å². The number of carbonyl (C=O) groups is 4. The van der Waals surface area contributed by atoms with E-state index in [1.807, 2.05) is 0 Å². The maximum atomic E-state index is 12.8. The highest BCUT2D eigenvalue weighted by atomic mass is 35.5. The molecule has 0 bridgehead atoms. The summed E-state index contributed by atoms with van der Waals surface area (Å²) in [7, 11) is 2.16. The third kappa shape index (κ3) is 3.43. The van der Waals surface area contributed by atoms with Crippen molar-refractivity contribution in [3.05, 3.63) is 28.8 Å². The van der Waals surface area contributed by atoms with Crippen molar-refractivity contribution in [1.29, 1.82) is 0 Å². The molecule has 0 atom stereocenters. The molecule has 2 rings (SSSR count). The van der Waals surface area contributed by atoms with Gasteiger partial charge in [0.25, 0.3) is 11.8 Å². The molecule has 1 N–H and O–H groups in total. The van der Waals surface area contributed by atoms with Gasteiger partial charge in [0.1, 0.15) is 0 Å². The summed E-state index contributed by atoms with van der Waals surface area (Å²) < 4.78 is 38.5. The Morgan fingerprint density at radius 3 is 2.12 bits per heavy atom. The maximum Gasteiger partial charge on any atom is 0.417 e. The van der Waals surface area contributed by atoms with Crippen molar-refractivity contribution >= 4 is 41.0 Å². The number of nitrogens with one attached hydrogen (secondary N) is 1. The summed E-state index contributed by atoms with van der Waals surface area (Å²) in [4.78, 5) is 49.0. The number of rotatable bonds is 2. The molecule has 0 saturated carbocycles. The zero-order chi connectivity index (χ0) is 19.1. The molecule has 1 aromatic rings. The monoisotopic (exact) mass is 377 g/mol. The van der Waals surface area contributed by atoms with Gasteiger partial charge in [0.2, 0.25) is 5.91 Å². The number of amides is 5. The molecule has 1 saturated heterocycles. The summed E-state index contributed by atoms with van der Waals surface area (Å²) >= 11 is 5.47. The van der Waals surface area contributed by atoms with Gasteiger partial charge in [0.15, 0.2) is 5.92 Å². The molecule has 134 valence electrons. The second kappa shape index (κ2) is 6.36. The molecule has 1 fully saturated rings. The first-order valence-corrected chi connectivity index (χ1v) is 7.09. The van der Waals surface area contributed by atoms with Crippen LogP contribution in [0.3, 0.4) is 0 Å². The zero-order valence-corrected chi connectivity index (χ0v) is 13.6. The summed E-state index contributed by atoms with van der Waals surface area (Å²) in [6.07, 6.45) is -4.75. The van der Waals surface area contributed by atoms with Crippen molar-refractivity contribution in [2.75, 3.05) is 19.4 Å². The fraction of sp³-hybridized carbons (Fsp3) is 0.286. The van der Waals surface area contributed by atoms with Crippen LogP contribution >= 0.6 is 11.6 Å². The number of urea groups is 1. The molecular weight excluding hydrogens is 367 g/mol. The Hall–Kier alpha value is -2.62. The largest absolute Gasteiger partial charge is 0.417 e. The first-order valence-electron chi connectivity index (χ1n) is 6.72. The molecule has 0 aliphatic carbocycles. The summed E-state index contributed by atoms with van der Waals surface area (Å²) in [5.74, 6) is -5.18. The molecule has 1 aliphatic heterocycles. The van der Waals surface area contributed by atoms with Crippen molar-refractivity contribution in [1.82, 2.24) is 9.80 Å². The molecule has 1 aromatic carbocycles. The van der Waals surface area contributed by atoms with Crippen LogP contribution in [-0.4, -0.2) is 47.6 Å². The van der Waals surface area contributed by atoms with Crippen LogP contribution in [0.25, 0.3) is 0 Å². The topological polar surface area (TPSA) is 86.8 Å². The lowest BCUT2D eigenvalue weighted by Crippen LogP contribution is -2.59. The van der Waals surface area contributed by atoms with Gasteiger partial charge < -0.3 is 5.32 Å². The highest BCUT2D eigenvalue weighted by molar-refractivity contribution is 6.31. The lowest BCUT2D eigenvalue weighted by molar-refractivity contribution is -0.151. The summed E-state index contributed by atoms with van der Waals surface area (Å²) in [6.45, 7) is 0. The van der Waals surface area contributed by atoms with E-state index in [1.54, 1.807) is 0 Å². The van der Waals surface area contributed by atoms with Crippen LogP contribution < -0.4 is 5.32 Å². The van der Waals surface area contributed by atoms with E-state index in [1.165, 1.54) is 0 Å². The predicted molar refractivity (Wildman–Crippen MR) is 79.5 cm³/mol. The number of benzene rings is 1. The normalized spacial score (nSPS) is 16.5. The summed E-state index contributed by atoms with van der Waals surface area (Å²) in [5.41, 5.74) is -1.48. The molecule has 1 aliphatic rings. The Morgan fingerprint density at radius 2 is 1.64 bits per heavy atom. The highest BCUT2D eigenvalue weighted by Crippen LogP contribution is 2.36. The predicted octanol–water partition coefficient (Wildman–Crippen LogP) is 1.96. The summed E-state index contributed by atoms with van der Waals surface area (Å²) in [5, 5.41) is 1.50. The molecule has 0 aromatic heterocycles. The van der Waals surface area contributed by atoms with Crippen LogP contribution in [0.15, 0.2) is 18.2 Å². The number of halogens is 4. The van der Waals surface area contributed by atoms with Crippen molar-refractivity contribution in [2.24, 2.45) is 5.92 Å². The number of imide groups is 2. The van der Waals surface area contributed by atoms with Crippen LogP contribution in [-0.2, 0) is 20.6 Å². The average Bonchev–Trinajstić information content (AvgIpc) is 2.52. The van der Waals surface area contributed by atoms with Gasteiger partial charge in [-0.1, -0.05) is 11.6 Å². The molecule has 5 amide bonds. The third-order valence-electron chi connectivity index (χ3n) is 3.53. The van der Waals surface area contributed by atoms with E-state index in [2.05, 4.69) is 5.32 Å². The summed E-state index contributed by atoms with van der Waals surface area (Å²) in [6, 6.07) is 1.68. The van der Waals surface area contributed by atoms with E-state index in [-0.39, 0.29) is 5.69 Å². The smallest absolute Gasteiger partial charge is 0.325 e. The van der Waals surface area contributed by atoms with E-state index < -0.39 is 46.4 Å². The molecule has 0 unspecified atom stereocenters. The van der Waals surface area contributed by atoms with Gasteiger partial charge in [0, 0.05) is 19.8 Å². The standard InChI is InChI=1S/C14H11ClF3N3O4/c1-20-11(23)9(12(24)21(2)13(20)25)10(22)19-6-3-4-8(15)7(5-6)14(16,17)18/h3-5,9H,1-2H3,(H,19,22). The molecule has 1 heterocycles. The van der Waals surface area contributed by atoms with Crippen molar-refractivity contribution in [3.63, 3.8) is 0 Å². The lowest BCUT2D eigenvalue weighted by Gasteiger charge is -2.32. The van der Waals surface area contributed by atoms with E-state index in [9.17, 15) is 32.3 Å². The lowest BCUT2D eigenvalue weighted by atomic mass is 10.0. The van der Waals surface area contributed by atoms with E-state index in [0.29, 0.717) is 15.9 Å². The Kier molecular flexibility index (Phi) is 4.76. The molecule has 25 heavy (non-hydrogen) atoms. The number of anilines is 1. The van der Waals surface area contributed by atoms with Gasteiger partial charge >= 0.3 is 12.2 Å². The maximum absolute atomic E-state index is 12.8. The van der Waals surface area contributed by atoms with Gasteiger partial charge in [-0.2, -0.15) is 13.2 Å². The fourth-order valence-electron chi connectivity index (χ4n) is 2.17. The minimum absolute atomic E-state index is 0.301. The number of hydrogen-bond acceptors (Lipinski definition) is 4. The number of nitrogens with zero attached hydrogens (tertiary/aromatic N) is 2. The average molecular weight is 378 g/mol. The number of barbiturate groups is 1. The second-order valence-corrected chi connectivity index (χ2v) is 5.60. The number of carbonyl (C=O) groups excluding carboxylic acids is 4. The highest BCUT2D eigenvalue weighted by Gasteiger charge is 2.46. The minimum atomic E-state index is -4.75. The Morgan fingerprint density at radius 1 is 1.12 bits per heavy atom. The van der Waals surface area contributed by atoms with Crippen molar-refractivity contribution in [3.8, 4) is 0 Å². The van der Waals surface area contributed by atoms with Crippen molar-refractivity contribution in [2.45, 2.75) is 6.18 Å². The molecule has 0 spiro atoms. The Labute approximate surface area is 144 Å². The Balaban J connectivity index is 2.29. The molecular formula is C14H11ClF3N3O4. The fourth-order valence-corrected chi connectivity index (χ4v) is 2.39. The van der Waals surface area contributed by atoms with E-state index in [4.69, 9.17) is 11.6 Å². The Bertz CT molecular complexity index is 757. The quantitative estimate of drug-likeness (QED) is 0.798. The molecule has 11 heteroatoms.